The summed E-state index contributed by atoms with van der Waals surface area (Å²) in [6.45, 7) is 15.7. The molecule has 5 nitrogen and oxygen atoms in total. The summed E-state index contributed by atoms with van der Waals surface area (Å²) in [5, 5.41) is 2.35. The van der Waals surface area contributed by atoms with Gasteiger partial charge in [-0.3, -0.25) is 13.7 Å². The Morgan fingerprint density at radius 3 is 2.32 bits per heavy atom. The Morgan fingerprint density at radius 2 is 1.53 bits per heavy atom. The monoisotopic (exact) mass is 618 g/mol. The molecule has 0 radical (unpaired) electrons. The molecule has 0 spiro atoms. The van der Waals surface area contributed by atoms with Gasteiger partial charge in [0, 0.05) is 35.4 Å². The summed E-state index contributed by atoms with van der Waals surface area (Å²) < 4.78 is 12.9. The van der Waals surface area contributed by atoms with E-state index in [0.717, 1.165) is 39.7 Å². The average molecular weight is 619 g/mol. The molecule has 4 aromatic carbocycles. The van der Waals surface area contributed by atoms with E-state index in [4.69, 9.17) is 9.72 Å². The van der Waals surface area contributed by atoms with Crippen molar-refractivity contribution in [3.63, 3.8) is 0 Å². The smallest absolute Gasteiger partial charge is 0.268 e. The van der Waals surface area contributed by atoms with Gasteiger partial charge in [-0.25, -0.2) is 4.98 Å². The van der Waals surface area contributed by atoms with Crippen molar-refractivity contribution in [1.82, 2.24) is 14.1 Å². The van der Waals surface area contributed by atoms with Gasteiger partial charge in [0.25, 0.3) is 6.33 Å². The van der Waals surface area contributed by atoms with Gasteiger partial charge in [0.2, 0.25) is 0 Å². The van der Waals surface area contributed by atoms with Crippen molar-refractivity contribution >= 4 is 21.8 Å². The van der Waals surface area contributed by atoms with Gasteiger partial charge in [0.05, 0.1) is 22.4 Å². The van der Waals surface area contributed by atoms with Crippen LogP contribution >= 0.6 is 0 Å². The van der Waals surface area contributed by atoms with E-state index in [-0.39, 0.29) is 5.41 Å². The molecule has 0 atom stereocenters. The number of para-hydroxylation sites is 1. The largest absolute Gasteiger partial charge is 0.458 e. The fraction of sp³-hybridized carbons (Fsp3) is 0.238. The first kappa shape index (κ1) is 30.5. The lowest BCUT2D eigenvalue weighted by molar-refractivity contribution is -0.599. The number of fused-ring (bicyclic) bond motifs is 3. The maximum Gasteiger partial charge on any atom is 0.268 e. The summed E-state index contributed by atoms with van der Waals surface area (Å²) in [5.74, 6) is 3.32. The van der Waals surface area contributed by atoms with Crippen LogP contribution in [0.2, 0.25) is 0 Å². The lowest BCUT2D eigenvalue weighted by Gasteiger charge is -2.20. The van der Waals surface area contributed by atoms with Gasteiger partial charge < -0.3 is 4.74 Å². The first-order chi connectivity index (χ1) is 22.6. The fourth-order valence-electron chi connectivity index (χ4n) is 6.31. The van der Waals surface area contributed by atoms with Gasteiger partial charge >= 0.3 is 0 Å². The number of ether oxygens (including phenoxy) is 1. The Morgan fingerprint density at radius 1 is 0.745 bits per heavy atom. The first-order valence-electron chi connectivity index (χ1n) is 16.5. The van der Waals surface area contributed by atoms with E-state index in [1.54, 1.807) is 0 Å². The number of imidazole rings is 1. The van der Waals surface area contributed by atoms with E-state index in [1.807, 2.05) is 29.1 Å². The van der Waals surface area contributed by atoms with Gasteiger partial charge in [-0.2, -0.15) is 0 Å². The van der Waals surface area contributed by atoms with Crippen molar-refractivity contribution in [1.29, 1.82) is 0 Å². The topological polar surface area (TPSA) is 35.9 Å². The number of hydrogen-bond acceptors (Lipinski definition) is 2. The van der Waals surface area contributed by atoms with Crippen molar-refractivity contribution in [2.24, 2.45) is 0 Å². The van der Waals surface area contributed by atoms with Crippen LogP contribution in [-0.4, -0.2) is 14.1 Å². The molecule has 7 aromatic rings. The molecular formula is C42H42N4O. The summed E-state index contributed by atoms with van der Waals surface area (Å²) in [6.07, 6.45) is 9.55. The molecule has 7 rings (SSSR count). The molecule has 0 N–H and O–H groups in total. The van der Waals surface area contributed by atoms with Crippen molar-refractivity contribution in [2.75, 3.05) is 0 Å². The highest BCUT2D eigenvalue weighted by atomic mass is 16.5. The molecule has 0 amide bonds. The van der Waals surface area contributed by atoms with Crippen LogP contribution in [0.1, 0.15) is 77.0 Å². The molecule has 0 fully saturated rings. The summed E-state index contributed by atoms with van der Waals surface area (Å²) in [6, 6.07) is 34.1. The Bertz CT molecular complexity index is 2230. The Balaban J connectivity index is 1.23. The number of pyridine rings is 1. The minimum Gasteiger partial charge on any atom is -0.458 e. The number of nitrogens with zero attached hydrogens (tertiary/aromatic N) is 4. The average Bonchev–Trinajstić information content (AvgIpc) is 3.68. The third kappa shape index (κ3) is 5.83. The predicted octanol–water partition coefficient (Wildman–Crippen LogP) is 10.4. The van der Waals surface area contributed by atoms with Gasteiger partial charge in [-0.15, -0.1) is 0 Å². The normalized spacial score (nSPS) is 12.1. The fourth-order valence-corrected chi connectivity index (χ4v) is 6.31. The van der Waals surface area contributed by atoms with Crippen molar-refractivity contribution < 1.29 is 9.30 Å². The highest BCUT2D eigenvalue weighted by Gasteiger charge is 2.18. The molecule has 0 aliphatic heterocycles. The van der Waals surface area contributed by atoms with Gasteiger partial charge in [-0.05, 0) is 88.5 Å². The molecule has 47 heavy (non-hydrogen) atoms. The van der Waals surface area contributed by atoms with Crippen molar-refractivity contribution in [3.05, 3.63) is 139 Å². The maximum absolute atomic E-state index is 6.52. The van der Waals surface area contributed by atoms with Crippen molar-refractivity contribution in [2.45, 2.75) is 65.7 Å². The molecule has 0 saturated carbocycles. The van der Waals surface area contributed by atoms with E-state index in [0.29, 0.717) is 11.8 Å². The zero-order chi connectivity index (χ0) is 32.9. The minimum atomic E-state index is 0.0151. The summed E-state index contributed by atoms with van der Waals surface area (Å²) in [7, 11) is 0. The molecule has 3 aromatic heterocycles. The maximum atomic E-state index is 6.52. The van der Waals surface area contributed by atoms with Crippen LogP contribution < -0.4 is 9.30 Å². The molecule has 0 unspecified atom stereocenters. The van der Waals surface area contributed by atoms with E-state index in [2.05, 4.69) is 155 Å². The molecule has 0 saturated heterocycles. The molecular weight excluding hydrogens is 576 g/mol. The summed E-state index contributed by atoms with van der Waals surface area (Å²) >= 11 is 0. The standard InChI is InChI=1S/C42H42N4O/c1-28(2)30-15-18-38(37(23-30)29(3)4)45-22-21-44(27-45)32-11-10-12-33(25-32)47-34-16-17-36-35-13-8-9-14-39(35)46(40(36)26-34)41-24-31(19-20-43-41)42(5,6)7/h8-26,28-29H,1-7H3. The number of hydrogen-bond donors (Lipinski definition) is 0. The summed E-state index contributed by atoms with van der Waals surface area (Å²) in [4.78, 5) is 4.82. The highest BCUT2D eigenvalue weighted by Crippen LogP contribution is 2.36. The quantitative estimate of drug-likeness (QED) is 0.132. The van der Waals surface area contributed by atoms with Crippen LogP contribution in [0.3, 0.4) is 0 Å². The SMILES string of the molecule is CC(C)c1ccc(-[n+]2[c-]n(-c3cccc(Oc4ccc5c6ccccc6n(-c6cc(C(C)(C)C)ccn6)c5c4)c3)cc2)c(C(C)C)c1. The summed E-state index contributed by atoms with van der Waals surface area (Å²) in [5.41, 5.74) is 8.25. The van der Waals surface area contributed by atoms with Crippen LogP contribution in [0, 0.1) is 6.33 Å². The van der Waals surface area contributed by atoms with Crippen LogP contribution in [0.4, 0.5) is 0 Å². The lowest BCUT2D eigenvalue weighted by Crippen LogP contribution is -2.30. The molecule has 236 valence electrons. The molecule has 3 heterocycles. The molecule has 0 aliphatic rings. The number of benzene rings is 4. The van der Waals surface area contributed by atoms with Crippen molar-refractivity contribution in [3.8, 4) is 28.7 Å². The van der Waals surface area contributed by atoms with E-state index in [9.17, 15) is 0 Å². The van der Waals surface area contributed by atoms with E-state index in [1.165, 1.54) is 27.5 Å². The number of rotatable bonds is 7. The van der Waals surface area contributed by atoms with Gasteiger partial charge in [0.15, 0.2) is 0 Å². The van der Waals surface area contributed by atoms with Crippen LogP contribution in [0.15, 0.2) is 116 Å². The molecule has 0 aliphatic carbocycles. The zero-order valence-electron chi connectivity index (χ0n) is 28.3. The third-order valence-electron chi connectivity index (χ3n) is 9.00. The Labute approximate surface area is 277 Å². The van der Waals surface area contributed by atoms with Crippen LogP contribution in [0.5, 0.6) is 11.5 Å². The predicted molar refractivity (Wildman–Crippen MR) is 192 cm³/mol. The van der Waals surface area contributed by atoms with Gasteiger partial charge in [-0.1, -0.05) is 84.9 Å². The third-order valence-corrected chi connectivity index (χ3v) is 9.00. The Hall–Kier alpha value is -5.16. The second-order valence-electron chi connectivity index (χ2n) is 14.0. The lowest BCUT2D eigenvalue weighted by atomic mass is 9.88. The van der Waals surface area contributed by atoms with E-state index >= 15 is 0 Å². The molecule has 5 heteroatoms. The van der Waals surface area contributed by atoms with Gasteiger partial charge in [0.1, 0.15) is 17.3 Å². The van der Waals surface area contributed by atoms with Crippen LogP contribution in [0.25, 0.3) is 39.0 Å². The Kier molecular flexibility index (Phi) is 7.71. The first-order valence-corrected chi connectivity index (χ1v) is 16.5. The second-order valence-corrected chi connectivity index (χ2v) is 14.0. The van der Waals surface area contributed by atoms with Crippen LogP contribution in [-0.2, 0) is 5.41 Å². The minimum absolute atomic E-state index is 0.0151. The molecule has 0 bridgehead atoms. The second kappa shape index (κ2) is 11.9. The number of aromatic nitrogens is 4. The highest BCUT2D eigenvalue weighted by molar-refractivity contribution is 6.09. The zero-order valence-corrected chi connectivity index (χ0v) is 28.3. The van der Waals surface area contributed by atoms with E-state index < -0.39 is 0 Å².